The van der Waals surface area contributed by atoms with Gasteiger partial charge in [-0.05, 0) is 36.3 Å². The Morgan fingerprint density at radius 3 is 1.83 bits per heavy atom. The molecule has 0 saturated carbocycles. The van der Waals surface area contributed by atoms with E-state index in [1.165, 1.54) is 16.8 Å². The van der Waals surface area contributed by atoms with Crippen molar-refractivity contribution < 1.29 is 0 Å². The zero-order valence-corrected chi connectivity index (χ0v) is 13.3. The van der Waals surface area contributed by atoms with Gasteiger partial charge in [0.25, 0.3) is 0 Å². The van der Waals surface area contributed by atoms with Crippen molar-refractivity contribution in [3.63, 3.8) is 0 Å². The lowest BCUT2D eigenvalue weighted by Gasteiger charge is -2.28. The van der Waals surface area contributed by atoms with E-state index in [0.29, 0.717) is 0 Å². The maximum atomic E-state index is 2.31. The van der Waals surface area contributed by atoms with Gasteiger partial charge in [-0.2, -0.15) is 0 Å². The van der Waals surface area contributed by atoms with E-state index < -0.39 is 0 Å². The fourth-order valence-corrected chi connectivity index (χ4v) is 2.66. The zero-order valence-electron chi connectivity index (χ0n) is 13.3. The van der Waals surface area contributed by atoms with E-state index in [-0.39, 0.29) is 6.04 Å². The van der Waals surface area contributed by atoms with Crippen LogP contribution in [0.15, 0.2) is 97.2 Å². The first-order valence-corrected chi connectivity index (χ1v) is 7.96. The lowest BCUT2D eigenvalue weighted by molar-refractivity contribution is 0.769. The van der Waals surface area contributed by atoms with Crippen LogP contribution in [0.5, 0.6) is 0 Å². The van der Waals surface area contributed by atoms with Crippen molar-refractivity contribution in [2.24, 2.45) is 0 Å². The van der Waals surface area contributed by atoms with Crippen LogP contribution < -0.4 is 4.90 Å². The Bertz CT molecular complexity index is 733. The van der Waals surface area contributed by atoms with E-state index in [9.17, 15) is 0 Å². The lowest BCUT2D eigenvalue weighted by atomic mass is 10.1. The number of nitrogens with zero attached hydrogens (tertiary/aromatic N) is 1. The number of hydrogen-bond donors (Lipinski definition) is 0. The average Bonchev–Trinajstić information content (AvgIpc) is 2.64. The molecule has 3 aromatic carbocycles. The fourth-order valence-electron chi connectivity index (χ4n) is 2.66. The maximum absolute atomic E-state index is 2.31. The molecule has 1 nitrogen and oxygen atoms in total. The van der Waals surface area contributed by atoms with Crippen LogP contribution in [-0.2, 0) is 0 Å². The van der Waals surface area contributed by atoms with Gasteiger partial charge in [0, 0.05) is 11.9 Å². The molecule has 0 aliphatic carbocycles. The molecule has 0 aromatic heterocycles. The number of rotatable bonds is 5. The van der Waals surface area contributed by atoms with E-state index in [1.54, 1.807) is 0 Å². The second-order valence-electron chi connectivity index (χ2n) is 5.56. The van der Waals surface area contributed by atoms with Gasteiger partial charge in [0.1, 0.15) is 0 Å². The molecule has 3 rings (SSSR count). The minimum atomic E-state index is 0.263. The summed E-state index contributed by atoms with van der Waals surface area (Å²) in [5.74, 6) is 0. The lowest BCUT2D eigenvalue weighted by Crippen LogP contribution is -2.20. The summed E-state index contributed by atoms with van der Waals surface area (Å²) in [6.07, 6.45) is 4.33. The first-order valence-electron chi connectivity index (χ1n) is 7.96. The minimum absolute atomic E-state index is 0.263. The highest BCUT2D eigenvalue weighted by Crippen LogP contribution is 2.27. The van der Waals surface area contributed by atoms with Crippen LogP contribution in [0.25, 0.3) is 6.08 Å². The van der Waals surface area contributed by atoms with E-state index in [0.717, 1.165) is 0 Å². The third kappa shape index (κ3) is 3.89. The molecular weight excluding hydrogens is 278 g/mol. The Morgan fingerprint density at radius 2 is 1.22 bits per heavy atom. The van der Waals surface area contributed by atoms with Crippen molar-refractivity contribution >= 4 is 11.8 Å². The molecule has 23 heavy (non-hydrogen) atoms. The molecule has 3 aromatic rings. The summed E-state index contributed by atoms with van der Waals surface area (Å²) in [5.41, 5.74) is 3.69. The van der Waals surface area contributed by atoms with Gasteiger partial charge in [-0.3, -0.25) is 0 Å². The van der Waals surface area contributed by atoms with Crippen LogP contribution >= 0.6 is 0 Å². The molecule has 0 N–H and O–H groups in total. The summed E-state index contributed by atoms with van der Waals surface area (Å²) in [4.78, 5) is 2.31. The van der Waals surface area contributed by atoms with Crippen LogP contribution in [0.1, 0.15) is 24.1 Å². The van der Waals surface area contributed by atoms with Crippen molar-refractivity contribution in [1.29, 1.82) is 0 Å². The van der Waals surface area contributed by atoms with Crippen molar-refractivity contribution in [3.8, 4) is 0 Å². The molecule has 1 unspecified atom stereocenters. The summed E-state index contributed by atoms with van der Waals surface area (Å²) in [5, 5.41) is 0. The number of anilines is 1. The summed E-state index contributed by atoms with van der Waals surface area (Å²) < 4.78 is 0. The first-order chi connectivity index (χ1) is 11.3. The van der Waals surface area contributed by atoms with E-state index in [2.05, 4.69) is 109 Å². The van der Waals surface area contributed by atoms with Crippen LogP contribution in [-0.4, -0.2) is 0 Å². The van der Waals surface area contributed by atoms with E-state index in [1.807, 2.05) is 6.07 Å². The summed E-state index contributed by atoms with van der Waals surface area (Å²) in [6, 6.07) is 31.8. The highest BCUT2D eigenvalue weighted by atomic mass is 15.1. The first kappa shape index (κ1) is 15.1. The topological polar surface area (TPSA) is 3.24 Å². The van der Waals surface area contributed by atoms with E-state index in [4.69, 9.17) is 0 Å². The second-order valence-corrected chi connectivity index (χ2v) is 5.56. The third-order valence-corrected chi connectivity index (χ3v) is 3.98. The molecule has 0 spiro atoms. The molecule has 0 aliphatic heterocycles. The van der Waals surface area contributed by atoms with Crippen molar-refractivity contribution in [2.45, 2.75) is 13.0 Å². The maximum Gasteiger partial charge on any atom is 0.0557 e. The molecule has 0 saturated heterocycles. The predicted octanol–water partition coefficient (Wildman–Crippen LogP) is 5.93. The van der Waals surface area contributed by atoms with Crippen molar-refractivity contribution in [3.05, 3.63) is 108 Å². The van der Waals surface area contributed by atoms with Gasteiger partial charge in [-0.1, -0.05) is 78.9 Å². The molecule has 0 radical (unpaired) electrons. The van der Waals surface area contributed by atoms with Gasteiger partial charge in [0.2, 0.25) is 0 Å². The molecule has 1 heteroatoms. The Morgan fingerprint density at radius 1 is 0.696 bits per heavy atom. The molecule has 0 fully saturated rings. The SMILES string of the molecule is CC(c1ccccc1)N(C=Cc1ccccc1)c1ccccc1. The second kappa shape index (κ2) is 7.46. The largest absolute Gasteiger partial charge is 0.341 e. The Labute approximate surface area is 138 Å². The predicted molar refractivity (Wildman–Crippen MR) is 99.3 cm³/mol. The smallest absolute Gasteiger partial charge is 0.0557 e. The van der Waals surface area contributed by atoms with Crippen LogP contribution in [0, 0.1) is 0 Å². The van der Waals surface area contributed by atoms with Crippen LogP contribution in [0.3, 0.4) is 0 Å². The van der Waals surface area contributed by atoms with Crippen LogP contribution in [0.4, 0.5) is 5.69 Å². The number of para-hydroxylation sites is 1. The molecule has 0 amide bonds. The van der Waals surface area contributed by atoms with Gasteiger partial charge in [-0.15, -0.1) is 0 Å². The number of hydrogen-bond acceptors (Lipinski definition) is 1. The molecule has 0 heterocycles. The van der Waals surface area contributed by atoms with Crippen LogP contribution in [0.2, 0.25) is 0 Å². The van der Waals surface area contributed by atoms with Gasteiger partial charge < -0.3 is 4.90 Å². The van der Waals surface area contributed by atoms with Crippen molar-refractivity contribution in [2.75, 3.05) is 4.90 Å². The quantitative estimate of drug-likeness (QED) is 0.565. The normalized spacial score (nSPS) is 12.2. The third-order valence-electron chi connectivity index (χ3n) is 3.98. The summed E-state index contributed by atoms with van der Waals surface area (Å²) in [7, 11) is 0. The molecule has 114 valence electrons. The molecule has 0 aliphatic rings. The van der Waals surface area contributed by atoms with E-state index >= 15 is 0 Å². The monoisotopic (exact) mass is 299 g/mol. The number of benzene rings is 3. The Kier molecular flexibility index (Phi) is 4.90. The fraction of sp³-hybridized carbons (Fsp3) is 0.0909. The van der Waals surface area contributed by atoms with Gasteiger partial charge in [-0.25, -0.2) is 0 Å². The van der Waals surface area contributed by atoms with Gasteiger partial charge >= 0.3 is 0 Å². The van der Waals surface area contributed by atoms with Crippen molar-refractivity contribution in [1.82, 2.24) is 0 Å². The zero-order chi connectivity index (χ0) is 15.9. The molecule has 1 atom stereocenters. The average molecular weight is 299 g/mol. The highest BCUT2D eigenvalue weighted by Gasteiger charge is 2.13. The summed E-state index contributed by atoms with van der Waals surface area (Å²) in [6.45, 7) is 2.23. The summed E-state index contributed by atoms with van der Waals surface area (Å²) >= 11 is 0. The van der Waals surface area contributed by atoms with Gasteiger partial charge in [0.05, 0.1) is 6.04 Å². The molecular formula is C22H21N. The minimum Gasteiger partial charge on any atom is -0.341 e. The Hall–Kier alpha value is -2.80. The molecule has 0 bridgehead atoms. The Balaban J connectivity index is 1.93. The standard InChI is InChI=1S/C22H21N/c1-19(21-13-7-3-8-14-21)23(22-15-9-4-10-16-22)18-17-20-11-5-2-6-12-20/h2-19H,1H3. The highest BCUT2D eigenvalue weighted by molar-refractivity contribution is 5.58. The van der Waals surface area contributed by atoms with Gasteiger partial charge in [0.15, 0.2) is 0 Å².